The van der Waals surface area contributed by atoms with Crippen LogP contribution in [0.2, 0.25) is 0 Å². The van der Waals surface area contributed by atoms with Crippen molar-refractivity contribution in [3.8, 4) is 11.5 Å². The van der Waals surface area contributed by atoms with Gasteiger partial charge in [0.15, 0.2) is 0 Å². The van der Waals surface area contributed by atoms with Gasteiger partial charge in [-0.3, -0.25) is 9.11 Å². The van der Waals surface area contributed by atoms with Gasteiger partial charge in [-0.2, -0.15) is 8.42 Å². The van der Waals surface area contributed by atoms with Crippen LogP contribution in [0.25, 0.3) is 0 Å². The van der Waals surface area contributed by atoms with Gasteiger partial charge in [0.25, 0.3) is 0 Å². The third kappa shape index (κ3) is 11.1. The molecule has 0 aliphatic rings. The molecule has 0 saturated heterocycles. The van der Waals surface area contributed by atoms with E-state index in [9.17, 15) is 0 Å². The summed E-state index contributed by atoms with van der Waals surface area (Å²) in [5.74, 6) is 2.04. The van der Waals surface area contributed by atoms with Crippen molar-refractivity contribution in [2.45, 2.75) is 65.2 Å². The summed E-state index contributed by atoms with van der Waals surface area (Å²) in [6, 6.07) is 17.0. The molecule has 6 heteroatoms. The van der Waals surface area contributed by atoms with Crippen LogP contribution in [0.15, 0.2) is 48.5 Å². The van der Waals surface area contributed by atoms with E-state index < -0.39 is 10.4 Å². The molecule has 0 aliphatic carbocycles. The standard InChI is InChI=1S/C22H30O.H2O4S/c1-3-5-7-13-19-15-9-11-17-21(19)23-22-18-12-10-16-20(22)14-8-6-4-2;1-5(2,3)4/h9-12,15-18H,3-8,13-14H2,1-2H3;(H2,1,2,3,4). The molecule has 0 radical (unpaired) electrons. The lowest BCUT2D eigenvalue weighted by Crippen LogP contribution is -1.96. The zero-order chi connectivity index (χ0) is 20.8. The van der Waals surface area contributed by atoms with Crippen LogP contribution in [0.5, 0.6) is 11.5 Å². The van der Waals surface area contributed by atoms with Crippen LogP contribution in [0.3, 0.4) is 0 Å². The predicted molar refractivity (Wildman–Crippen MR) is 114 cm³/mol. The molecule has 0 aliphatic heterocycles. The smallest absolute Gasteiger partial charge is 0.394 e. The van der Waals surface area contributed by atoms with E-state index in [0.29, 0.717) is 0 Å². The molecule has 0 heterocycles. The second-order valence-electron chi connectivity index (χ2n) is 6.68. The minimum Gasteiger partial charge on any atom is -0.457 e. The Labute approximate surface area is 169 Å². The molecule has 2 N–H and O–H groups in total. The average Bonchev–Trinajstić information content (AvgIpc) is 2.63. The summed E-state index contributed by atoms with van der Waals surface area (Å²) in [7, 11) is -4.67. The zero-order valence-corrected chi connectivity index (χ0v) is 17.6. The van der Waals surface area contributed by atoms with E-state index in [1.165, 1.54) is 49.7 Å². The average molecular weight is 409 g/mol. The summed E-state index contributed by atoms with van der Waals surface area (Å²) in [6.07, 6.45) is 9.73. The van der Waals surface area contributed by atoms with Crippen molar-refractivity contribution in [2.75, 3.05) is 0 Å². The highest BCUT2D eigenvalue weighted by atomic mass is 32.3. The molecule has 156 valence electrons. The van der Waals surface area contributed by atoms with Gasteiger partial charge in [0, 0.05) is 0 Å². The highest BCUT2D eigenvalue weighted by Crippen LogP contribution is 2.30. The Morgan fingerprint density at radius 3 is 1.43 bits per heavy atom. The minimum atomic E-state index is -4.67. The normalized spacial score (nSPS) is 10.9. The molecule has 5 nitrogen and oxygen atoms in total. The first-order chi connectivity index (χ1) is 13.3. The third-order valence-electron chi connectivity index (χ3n) is 4.26. The topological polar surface area (TPSA) is 83.8 Å². The maximum Gasteiger partial charge on any atom is 0.394 e. The van der Waals surface area contributed by atoms with E-state index in [4.69, 9.17) is 22.3 Å². The van der Waals surface area contributed by atoms with Crippen LogP contribution in [0.4, 0.5) is 0 Å². The summed E-state index contributed by atoms with van der Waals surface area (Å²) in [6.45, 7) is 4.49. The number of unbranched alkanes of at least 4 members (excludes halogenated alkanes) is 4. The number of para-hydroxylation sites is 2. The van der Waals surface area contributed by atoms with Gasteiger partial charge in [-0.25, -0.2) is 0 Å². The maximum atomic E-state index is 8.74. The quantitative estimate of drug-likeness (QED) is 0.356. The van der Waals surface area contributed by atoms with Gasteiger partial charge in [0.05, 0.1) is 0 Å². The fourth-order valence-corrected chi connectivity index (χ4v) is 2.87. The van der Waals surface area contributed by atoms with Gasteiger partial charge < -0.3 is 4.74 Å². The molecular formula is C22H32O5S. The fraction of sp³-hybridized carbons (Fsp3) is 0.455. The Hall–Kier alpha value is -1.89. The van der Waals surface area contributed by atoms with Crippen LogP contribution in [-0.4, -0.2) is 17.5 Å². The molecule has 2 aromatic rings. The molecular weight excluding hydrogens is 376 g/mol. The predicted octanol–water partition coefficient (Wildman–Crippen LogP) is 6.29. The van der Waals surface area contributed by atoms with Crippen LogP contribution in [0.1, 0.15) is 63.5 Å². The molecule has 0 atom stereocenters. The number of aryl methyl sites for hydroxylation is 2. The second kappa shape index (κ2) is 13.3. The number of ether oxygens (including phenoxy) is 1. The lowest BCUT2D eigenvalue weighted by Gasteiger charge is -2.14. The van der Waals surface area contributed by atoms with Gasteiger partial charge in [-0.15, -0.1) is 0 Å². The molecule has 0 spiro atoms. The van der Waals surface area contributed by atoms with E-state index in [-0.39, 0.29) is 0 Å². The van der Waals surface area contributed by atoms with Crippen LogP contribution in [0, 0.1) is 0 Å². The lowest BCUT2D eigenvalue weighted by atomic mass is 10.1. The van der Waals surface area contributed by atoms with Gasteiger partial charge >= 0.3 is 10.4 Å². The number of hydrogen-bond acceptors (Lipinski definition) is 3. The molecule has 0 amide bonds. The van der Waals surface area contributed by atoms with Crippen molar-refractivity contribution >= 4 is 10.4 Å². The highest BCUT2D eigenvalue weighted by molar-refractivity contribution is 7.79. The fourth-order valence-electron chi connectivity index (χ4n) is 2.87. The molecule has 0 bridgehead atoms. The zero-order valence-electron chi connectivity index (χ0n) is 16.8. The largest absolute Gasteiger partial charge is 0.457 e. The van der Waals surface area contributed by atoms with Crippen LogP contribution >= 0.6 is 0 Å². The SMILES string of the molecule is CCCCCc1ccccc1Oc1ccccc1CCCCC.O=S(=O)(O)O. The Kier molecular flexibility index (Phi) is 11.5. The molecule has 28 heavy (non-hydrogen) atoms. The van der Waals surface area contributed by atoms with Gasteiger partial charge in [-0.05, 0) is 48.9 Å². The van der Waals surface area contributed by atoms with E-state index in [1.54, 1.807) is 0 Å². The second-order valence-corrected chi connectivity index (χ2v) is 7.58. The molecule has 2 aromatic carbocycles. The van der Waals surface area contributed by atoms with Crippen molar-refractivity contribution in [3.05, 3.63) is 59.7 Å². The summed E-state index contributed by atoms with van der Waals surface area (Å²) >= 11 is 0. The molecule has 0 fully saturated rings. The summed E-state index contributed by atoms with van der Waals surface area (Å²) in [5.41, 5.74) is 2.65. The number of benzene rings is 2. The van der Waals surface area contributed by atoms with Crippen LogP contribution in [-0.2, 0) is 23.2 Å². The van der Waals surface area contributed by atoms with Crippen molar-refractivity contribution < 1.29 is 22.3 Å². The van der Waals surface area contributed by atoms with Gasteiger partial charge in [0.2, 0.25) is 0 Å². The molecule has 0 unspecified atom stereocenters. The lowest BCUT2D eigenvalue weighted by molar-refractivity contribution is 0.381. The molecule has 0 saturated carbocycles. The van der Waals surface area contributed by atoms with Crippen molar-refractivity contribution in [1.82, 2.24) is 0 Å². The first kappa shape index (κ1) is 24.1. The minimum absolute atomic E-state index is 1.02. The first-order valence-electron chi connectivity index (χ1n) is 9.88. The van der Waals surface area contributed by atoms with Crippen molar-refractivity contribution in [2.24, 2.45) is 0 Å². The summed E-state index contributed by atoms with van der Waals surface area (Å²) < 4.78 is 37.9. The molecule has 2 rings (SSSR count). The monoisotopic (exact) mass is 408 g/mol. The van der Waals surface area contributed by atoms with Gasteiger partial charge in [0.1, 0.15) is 11.5 Å². The summed E-state index contributed by atoms with van der Waals surface area (Å²) in [5, 5.41) is 0. The van der Waals surface area contributed by atoms with E-state index in [1.807, 2.05) is 0 Å². The molecule has 0 aromatic heterocycles. The van der Waals surface area contributed by atoms with Gasteiger partial charge in [-0.1, -0.05) is 75.9 Å². The summed E-state index contributed by atoms with van der Waals surface area (Å²) in [4.78, 5) is 0. The van der Waals surface area contributed by atoms with Crippen LogP contribution < -0.4 is 4.74 Å². The Bertz CT molecular complexity index is 728. The Balaban J connectivity index is 0.000000696. The number of rotatable bonds is 10. The number of hydrogen-bond donors (Lipinski definition) is 2. The van der Waals surface area contributed by atoms with E-state index in [2.05, 4.69) is 62.4 Å². The Morgan fingerprint density at radius 2 is 1.07 bits per heavy atom. The third-order valence-corrected chi connectivity index (χ3v) is 4.26. The maximum absolute atomic E-state index is 8.74. The van der Waals surface area contributed by atoms with E-state index >= 15 is 0 Å². The first-order valence-corrected chi connectivity index (χ1v) is 11.3. The highest BCUT2D eigenvalue weighted by Gasteiger charge is 2.08. The van der Waals surface area contributed by atoms with Crippen molar-refractivity contribution in [3.63, 3.8) is 0 Å². The van der Waals surface area contributed by atoms with Crippen molar-refractivity contribution in [1.29, 1.82) is 0 Å². The van der Waals surface area contributed by atoms with E-state index in [0.717, 1.165) is 24.3 Å². The Morgan fingerprint density at radius 1 is 0.714 bits per heavy atom.